The molecule has 2 rings (SSSR count). The first-order valence-electron chi connectivity index (χ1n) is 7.51. The van der Waals surface area contributed by atoms with Crippen molar-refractivity contribution in [1.29, 1.82) is 0 Å². The molecule has 1 saturated heterocycles. The van der Waals surface area contributed by atoms with Crippen molar-refractivity contribution in [3.63, 3.8) is 0 Å². The summed E-state index contributed by atoms with van der Waals surface area (Å²) in [5.41, 5.74) is 2.59. The van der Waals surface area contributed by atoms with Gasteiger partial charge in [-0.15, -0.1) is 6.58 Å². The van der Waals surface area contributed by atoms with Crippen LogP contribution in [0.15, 0.2) is 30.9 Å². The molecule has 5 nitrogen and oxygen atoms in total. The Labute approximate surface area is 130 Å². The molecular weight excluding hydrogens is 280 g/mol. The fourth-order valence-electron chi connectivity index (χ4n) is 2.44. The maximum Gasteiger partial charge on any atom is 0.253 e. The monoisotopic (exact) mass is 302 g/mol. The van der Waals surface area contributed by atoms with Gasteiger partial charge in [0.05, 0.1) is 6.61 Å². The minimum absolute atomic E-state index is 0.00329. The van der Waals surface area contributed by atoms with Gasteiger partial charge in [0.1, 0.15) is 6.61 Å². The smallest absolute Gasteiger partial charge is 0.253 e. The van der Waals surface area contributed by atoms with Gasteiger partial charge >= 0.3 is 0 Å². The van der Waals surface area contributed by atoms with Gasteiger partial charge in [-0.2, -0.15) is 0 Å². The van der Waals surface area contributed by atoms with E-state index in [4.69, 9.17) is 4.74 Å². The van der Waals surface area contributed by atoms with Gasteiger partial charge in [-0.1, -0.05) is 6.08 Å². The number of carbonyl (C=O) groups excluding carboxylic acids is 2. The van der Waals surface area contributed by atoms with E-state index in [2.05, 4.69) is 11.9 Å². The molecule has 0 aromatic heterocycles. The second-order valence-electron chi connectivity index (χ2n) is 5.33. The third-order valence-corrected chi connectivity index (χ3v) is 3.57. The van der Waals surface area contributed by atoms with Crippen LogP contribution in [-0.4, -0.2) is 31.6 Å². The molecule has 1 heterocycles. The standard InChI is InChI=1S/C17H22N2O3/c1-3-4-5-6-16(20)18-14-7-8-15(13(2)11-14)19-9-10-22-12-17(19)21/h3,7-8,11H,1,4-6,9-10,12H2,2H3,(H,18,20). The van der Waals surface area contributed by atoms with Crippen molar-refractivity contribution in [2.45, 2.75) is 26.2 Å². The molecule has 1 aromatic carbocycles. The number of nitrogens with zero attached hydrogens (tertiary/aromatic N) is 1. The fraction of sp³-hybridized carbons (Fsp3) is 0.412. The molecule has 0 saturated carbocycles. The molecule has 118 valence electrons. The van der Waals surface area contributed by atoms with Gasteiger partial charge in [-0.25, -0.2) is 0 Å². The van der Waals surface area contributed by atoms with E-state index in [1.54, 1.807) is 4.90 Å². The van der Waals surface area contributed by atoms with Crippen molar-refractivity contribution < 1.29 is 14.3 Å². The van der Waals surface area contributed by atoms with Crippen molar-refractivity contribution in [1.82, 2.24) is 0 Å². The number of unbranched alkanes of at least 4 members (excludes halogenated alkanes) is 1. The zero-order valence-electron chi connectivity index (χ0n) is 12.9. The van der Waals surface area contributed by atoms with E-state index in [0.717, 1.165) is 29.8 Å². The van der Waals surface area contributed by atoms with Crippen LogP contribution in [-0.2, 0) is 14.3 Å². The average molecular weight is 302 g/mol. The maximum atomic E-state index is 11.9. The van der Waals surface area contributed by atoms with Crippen molar-refractivity contribution in [3.8, 4) is 0 Å². The van der Waals surface area contributed by atoms with Gasteiger partial charge in [0, 0.05) is 24.3 Å². The molecule has 1 fully saturated rings. The Morgan fingerprint density at radius 3 is 3.00 bits per heavy atom. The van der Waals surface area contributed by atoms with Crippen LogP contribution >= 0.6 is 0 Å². The van der Waals surface area contributed by atoms with Gasteiger partial charge in [-0.05, 0) is 43.5 Å². The Kier molecular flexibility index (Phi) is 5.72. The molecule has 1 aromatic rings. The lowest BCUT2D eigenvalue weighted by Crippen LogP contribution is -2.42. The van der Waals surface area contributed by atoms with E-state index in [1.165, 1.54) is 0 Å². The third kappa shape index (κ3) is 4.18. The lowest BCUT2D eigenvalue weighted by molar-refractivity contribution is -0.125. The van der Waals surface area contributed by atoms with Gasteiger partial charge < -0.3 is 15.0 Å². The summed E-state index contributed by atoms with van der Waals surface area (Å²) < 4.78 is 5.14. The van der Waals surface area contributed by atoms with Crippen LogP contribution in [0, 0.1) is 6.92 Å². The summed E-state index contributed by atoms with van der Waals surface area (Å²) in [6, 6.07) is 5.60. The zero-order valence-corrected chi connectivity index (χ0v) is 12.9. The van der Waals surface area contributed by atoms with Gasteiger partial charge in [0.25, 0.3) is 5.91 Å². The van der Waals surface area contributed by atoms with Crippen LogP contribution < -0.4 is 10.2 Å². The number of morpholine rings is 1. The lowest BCUT2D eigenvalue weighted by Gasteiger charge is -2.28. The quantitative estimate of drug-likeness (QED) is 0.649. The molecule has 5 heteroatoms. The van der Waals surface area contributed by atoms with E-state index in [9.17, 15) is 9.59 Å². The van der Waals surface area contributed by atoms with Gasteiger partial charge in [0.15, 0.2) is 0 Å². The van der Waals surface area contributed by atoms with E-state index in [0.29, 0.717) is 19.6 Å². The number of hydrogen-bond acceptors (Lipinski definition) is 3. The number of allylic oxidation sites excluding steroid dienone is 1. The maximum absolute atomic E-state index is 11.9. The average Bonchev–Trinajstić information content (AvgIpc) is 2.49. The Bertz CT molecular complexity index is 569. The Morgan fingerprint density at radius 2 is 2.32 bits per heavy atom. The highest BCUT2D eigenvalue weighted by Gasteiger charge is 2.21. The molecule has 0 bridgehead atoms. The van der Waals surface area contributed by atoms with Crippen molar-refractivity contribution in [2.24, 2.45) is 0 Å². The minimum atomic E-state index is -0.0319. The minimum Gasteiger partial charge on any atom is -0.370 e. The number of carbonyl (C=O) groups is 2. The molecule has 1 aliphatic rings. The van der Waals surface area contributed by atoms with Crippen molar-refractivity contribution in [3.05, 3.63) is 36.4 Å². The molecule has 0 unspecified atom stereocenters. The SMILES string of the molecule is C=CCCCC(=O)Nc1ccc(N2CCOCC2=O)c(C)c1. The van der Waals surface area contributed by atoms with Crippen LogP contribution in [0.4, 0.5) is 11.4 Å². The highest BCUT2D eigenvalue weighted by atomic mass is 16.5. The summed E-state index contributed by atoms with van der Waals surface area (Å²) in [5.74, 6) is -0.0352. The first-order valence-corrected chi connectivity index (χ1v) is 7.51. The molecule has 22 heavy (non-hydrogen) atoms. The van der Waals surface area contributed by atoms with E-state index < -0.39 is 0 Å². The summed E-state index contributed by atoms with van der Waals surface area (Å²) in [4.78, 5) is 25.4. The van der Waals surface area contributed by atoms with E-state index in [-0.39, 0.29) is 18.4 Å². The number of anilines is 2. The van der Waals surface area contributed by atoms with Crippen LogP contribution in [0.3, 0.4) is 0 Å². The Hall–Kier alpha value is -2.14. The van der Waals surface area contributed by atoms with Crippen molar-refractivity contribution >= 4 is 23.2 Å². The van der Waals surface area contributed by atoms with Crippen LogP contribution in [0.25, 0.3) is 0 Å². The number of amides is 2. The Morgan fingerprint density at radius 1 is 1.50 bits per heavy atom. The highest BCUT2D eigenvalue weighted by molar-refractivity contribution is 5.96. The number of ether oxygens (including phenoxy) is 1. The van der Waals surface area contributed by atoms with Gasteiger partial charge in [-0.3, -0.25) is 9.59 Å². The predicted molar refractivity (Wildman–Crippen MR) is 87.0 cm³/mol. The molecule has 0 spiro atoms. The number of rotatable bonds is 6. The summed E-state index contributed by atoms with van der Waals surface area (Å²) in [6.45, 7) is 6.81. The summed E-state index contributed by atoms with van der Waals surface area (Å²) in [6.07, 6.45) is 3.93. The first-order chi connectivity index (χ1) is 10.6. The summed E-state index contributed by atoms with van der Waals surface area (Å²) >= 11 is 0. The predicted octanol–water partition coefficient (Wildman–Crippen LogP) is 2.65. The number of hydrogen-bond donors (Lipinski definition) is 1. The molecular formula is C17H22N2O3. The van der Waals surface area contributed by atoms with Gasteiger partial charge in [0.2, 0.25) is 5.91 Å². The van der Waals surface area contributed by atoms with Crippen LogP contribution in [0.5, 0.6) is 0 Å². The third-order valence-electron chi connectivity index (χ3n) is 3.57. The second-order valence-corrected chi connectivity index (χ2v) is 5.33. The van der Waals surface area contributed by atoms with Crippen LogP contribution in [0.1, 0.15) is 24.8 Å². The van der Waals surface area contributed by atoms with E-state index >= 15 is 0 Å². The molecule has 0 atom stereocenters. The first kappa shape index (κ1) is 16.2. The lowest BCUT2D eigenvalue weighted by atomic mass is 10.1. The number of nitrogens with one attached hydrogen (secondary N) is 1. The summed E-state index contributed by atoms with van der Waals surface area (Å²) in [5, 5.41) is 2.88. The molecule has 1 N–H and O–H groups in total. The molecule has 1 aliphatic heterocycles. The van der Waals surface area contributed by atoms with Crippen LogP contribution in [0.2, 0.25) is 0 Å². The highest BCUT2D eigenvalue weighted by Crippen LogP contribution is 2.25. The second kappa shape index (κ2) is 7.75. The topological polar surface area (TPSA) is 58.6 Å². The Balaban J connectivity index is 2.01. The normalized spacial score (nSPS) is 14.8. The summed E-state index contributed by atoms with van der Waals surface area (Å²) in [7, 11) is 0. The zero-order chi connectivity index (χ0) is 15.9. The van der Waals surface area contributed by atoms with E-state index in [1.807, 2.05) is 31.2 Å². The fourth-order valence-corrected chi connectivity index (χ4v) is 2.44. The number of aryl methyl sites for hydroxylation is 1. The number of benzene rings is 1. The van der Waals surface area contributed by atoms with Crippen molar-refractivity contribution in [2.75, 3.05) is 30.0 Å². The molecule has 0 radical (unpaired) electrons. The molecule has 2 amide bonds. The largest absolute Gasteiger partial charge is 0.370 e. The molecule has 0 aliphatic carbocycles.